The van der Waals surface area contributed by atoms with Gasteiger partial charge in [-0.1, -0.05) is 29.8 Å². The molecule has 0 saturated heterocycles. The summed E-state index contributed by atoms with van der Waals surface area (Å²) >= 11 is 0. The molecule has 1 unspecified atom stereocenters. The van der Waals surface area contributed by atoms with Crippen LogP contribution in [0, 0.1) is 13.8 Å². The number of nitrogens with zero attached hydrogens (tertiary/aromatic N) is 2. The predicted octanol–water partition coefficient (Wildman–Crippen LogP) is 5.62. The van der Waals surface area contributed by atoms with E-state index in [9.17, 15) is 18.0 Å². The van der Waals surface area contributed by atoms with Crippen LogP contribution in [-0.2, 0) is 4.79 Å². The molecule has 11 heteroatoms. The van der Waals surface area contributed by atoms with E-state index >= 15 is 0 Å². The maximum absolute atomic E-state index is 12.4. The Morgan fingerprint density at radius 3 is 2.30 bits per heavy atom. The zero-order valence-electron chi connectivity index (χ0n) is 19.7. The third-order valence-electron chi connectivity index (χ3n) is 5.23. The van der Waals surface area contributed by atoms with Crippen molar-refractivity contribution in [2.75, 3.05) is 6.61 Å². The lowest BCUT2D eigenvalue weighted by Crippen LogP contribution is -2.16. The summed E-state index contributed by atoms with van der Waals surface area (Å²) in [6.45, 7) is 3.26. The zero-order chi connectivity index (χ0) is 26.6. The summed E-state index contributed by atoms with van der Waals surface area (Å²) in [5.41, 5.74) is 3.01. The van der Waals surface area contributed by atoms with Crippen molar-refractivity contribution in [2.24, 2.45) is 0 Å². The molecule has 4 aromatic rings. The van der Waals surface area contributed by atoms with Gasteiger partial charge in [0.1, 0.15) is 17.2 Å². The van der Waals surface area contributed by atoms with Crippen LogP contribution >= 0.6 is 0 Å². The first-order valence-electron chi connectivity index (χ1n) is 11.0. The number of aliphatic carboxylic acids is 1. The van der Waals surface area contributed by atoms with Gasteiger partial charge in [-0.05, 0) is 61.9 Å². The number of benzene rings is 3. The van der Waals surface area contributed by atoms with Crippen molar-refractivity contribution < 1.29 is 37.3 Å². The van der Waals surface area contributed by atoms with E-state index < -0.39 is 25.0 Å². The topological polar surface area (TPSA) is 107 Å². The second-order valence-electron chi connectivity index (χ2n) is 8.13. The number of aromatic nitrogens is 3. The SMILES string of the molecule is Cc1ccc(C(Oc2ccc(OCC(=O)O)c(C)c2)c2n[nH]c(-c3ccc(OC(F)(F)F)cc3)n2)cc1. The Balaban J connectivity index is 1.60. The Labute approximate surface area is 209 Å². The summed E-state index contributed by atoms with van der Waals surface area (Å²) in [6, 6.07) is 17.9. The van der Waals surface area contributed by atoms with Crippen LogP contribution < -0.4 is 14.2 Å². The largest absolute Gasteiger partial charge is 0.573 e. The van der Waals surface area contributed by atoms with Gasteiger partial charge in [-0.3, -0.25) is 5.10 Å². The van der Waals surface area contributed by atoms with Crippen LogP contribution in [0.3, 0.4) is 0 Å². The van der Waals surface area contributed by atoms with Crippen molar-refractivity contribution in [1.29, 1.82) is 0 Å². The molecule has 0 aliphatic heterocycles. The number of aromatic amines is 1. The molecule has 1 aromatic heterocycles. The average Bonchev–Trinajstić information content (AvgIpc) is 3.32. The van der Waals surface area contributed by atoms with Crippen LogP contribution in [0.4, 0.5) is 13.2 Å². The van der Waals surface area contributed by atoms with Gasteiger partial charge in [-0.15, -0.1) is 13.2 Å². The molecule has 2 N–H and O–H groups in total. The Bertz CT molecular complexity index is 1370. The van der Waals surface area contributed by atoms with Crippen molar-refractivity contribution in [3.63, 3.8) is 0 Å². The second-order valence-corrected chi connectivity index (χ2v) is 8.13. The fourth-order valence-electron chi connectivity index (χ4n) is 3.48. The molecule has 1 heterocycles. The maximum atomic E-state index is 12.4. The summed E-state index contributed by atoms with van der Waals surface area (Å²) in [6.07, 6.45) is -5.50. The Kier molecular flexibility index (Phi) is 7.32. The first kappa shape index (κ1) is 25.5. The number of carbonyl (C=O) groups is 1. The van der Waals surface area contributed by atoms with Gasteiger partial charge in [-0.2, -0.15) is 5.10 Å². The van der Waals surface area contributed by atoms with Crippen LogP contribution in [0.15, 0.2) is 66.7 Å². The summed E-state index contributed by atoms with van der Waals surface area (Å²) in [4.78, 5) is 15.3. The molecule has 0 bridgehead atoms. The van der Waals surface area contributed by atoms with Crippen LogP contribution in [0.2, 0.25) is 0 Å². The molecular formula is C26H22F3N3O5. The monoisotopic (exact) mass is 513 g/mol. The molecule has 8 nitrogen and oxygen atoms in total. The van der Waals surface area contributed by atoms with Gasteiger partial charge in [0.15, 0.2) is 24.4 Å². The van der Waals surface area contributed by atoms with Gasteiger partial charge in [-0.25, -0.2) is 9.78 Å². The first-order chi connectivity index (χ1) is 17.6. The number of nitrogens with one attached hydrogen (secondary N) is 1. The molecule has 4 rings (SSSR count). The minimum atomic E-state index is -4.78. The smallest absolute Gasteiger partial charge is 0.482 e. The maximum Gasteiger partial charge on any atom is 0.573 e. The molecule has 0 amide bonds. The highest BCUT2D eigenvalue weighted by molar-refractivity contribution is 5.68. The lowest BCUT2D eigenvalue weighted by molar-refractivity contribution is -0.274. The molecule has 0 aliphatic carbocycles. The van der Waals surface area contributed by atoms with E-state index in [0.29, 0.717) is 34.3 Å². The van der Waals surface area contributed by atoms with Crippen LogP contribution in [0.5, 0.6) is 17.2 Å². The summed E-state index contributed by atoms with van der Waals surface area (Å²) in [5.74, 6) is 0.108. The van der Waals surface area contributed by atoms with E-state index in [-0.39, 0.29) is 5.75 Å². The molecule has 37 heavy (non-hydrogen) atoms. The molecule has 1 atom stereocenters. The summed E-state index contributed by atoms with van der Waals surface area (Å²) < 4.78 is 52.8. The number of rotatable bonds is 9. The number of H-pyrrole nitrogens is 1. The number of carboxylic acids is 1. The standard InChI is InChI=1S/C26H22F3N3O5/c1-15-3-5-17(6-4-15)23(36-20-11-12-21(16(2)13-20)35-14-22(33)34)25-30-24(31-32-25)18-7-9-19(10-8-18)37-26(27,28)29/h3-13,23H,14H2,1-2H3,(H,33,34)(H,30,31,32). The van der Waals surface area contributed by atoms with E-state index in [2.05, 4.69) is 19.9 Å². The minimum absolute atomic E-state index is 0.304. The zero-order valence-corrected chi connectivity index (χ0v) is 19.7. The number of alkyl halides is 3. The number of halogens is 3. The van der Waals surface area contributed by atoms with Crippen LogP contribution in [-0.4, -0.2) is 39.2 Å². The molecule has 0 radical (unpaired) electrons. The Hall–Kier alpha value is -4.54. The summed E-state index contributed by atoms with van der Waals surface area (Å²) in [7, 11) is 0. The quantitative estimate of drug-likeness (QED) is 0.299. The lowest BCUT2D eigenvalue weighted by Gasteiger charge is -2.18. The van der Waals surface area contributed by atoms with E-state index in [1.807, 2.05) is 31.2 Å². The average molecular weight is 513 g/mol. The molecule has 0 aliphatic rings. The van der Waals surface area contributed by atoms with Crippen molar-refractivity contribution in [3.05, 3.63) is 89.2 Å². The van der Waals surface area contributed by atoms with Crippen molar-refractivity contribution in [1.82, 2.24) is 15.2 Å². The van der Waals surface area contributed by atoms with E-state index in [0.717, 1.165) is 11.1 Å². The fourth-order valence-corrected chi connectivity index (χ4v) is 3.48. The van der Waals surface area contributed by atoms with Gasteiger partial charge in [0.05, 0.1) is 0 Å². The number of ether oxygens (including phenoxy) is 3. The first-order valence-corrected chi connectivity index (χ1v) is 11.0. The number of aryl methyl sites for hydroxylation is 2. The molecule has 0 spiro atoms. The second kappa shape index (κ2) is 10.6. The van der Waals surface area contributed by atoms with Gasteiger partial charge < -0.3 is 19.3 Å². The number of hydrogen-bond donors (Lipinski definition) is 2. The van der Waals surface area contributed by atoms with E-state index in [1.54, 1.807) is 25.1 Å². The van der Waals surface area contributed by atoms with Gasteiger partial charge in [0.25, 0.3) is 0 Å². The highest BCUT2D eigenvalue weighted by Gasteiger charge is 2.31. The van der Waals surface area contributed by atoms with Gasteiger partial charge >= 0.3 is 12.3 Å². The Morgan fingerprint density at radius 2 is 1.68 bits per heavy atom. The molecule has 0 saturated carbocycles. The fraction of sp³-hybridized carbons (Fsp3) is 0.192. The molecule has 3 aromatic carbocycles. The van der Waals surface area contributed by atoms with E-state index in [1.165, 1.54) is 24.3 Å². The normalized spacial score (nSPS) is 12.1. The summed E-state index contributed by atoms with van der Waals surface area (Å²) in [5, 5.41) is 15.9. The third kappa shape index (κ3) is 6.78. The predicted molar refractivity (Wildman–Crippen MR) is 126 cm³/mol. The van der Waals surface area contributed by atoms with Crippen LogP contribution in [0.25, 0.3) is 11.4 Å². The number of hydrogen-bond acceptors (Lipinski definition) is 6. The van der Waals surface area contributed by atoms with Crippen LogP contribution in [0.1, 0.15) is 28.6 Å². The molecule has 192 valence electrons. The van der Waals surface area contributed by atoms with E-state index in [4.69, 9.17) is 14.6 Å². The van der Waals surface area contributed by atoms with Gasteiger partial charge in [0, 0.05) is 11.1 Å². The van der Waals surface area contributed by atoms with Crippen molar-refractivity contribution in [3.8, 4) is 28.6 Å². The third-order valence-corrected chi connectivity index (χ3v) is 5.23. The van der Waals surface area contributed by atoms with Crippen molar-refractivity contribution >= 4 is 5.97 Å². The molecular weight excluding hydrogens is 491 g/mol. The molecule has 0 fully saturated rings. The highest BCUT2D eigenvalue weighted by atomic mass is 19.4. The minimum Gasteiger partial charge on any atom is -0.482 e. The lowest BCUT2D eigenvalue weighted by atomic mass is 10.1. The number of carboxylic acid groups (broad SMARTS) is 1. The van der Waals surface area contributed by atoms with Crippen molar-refractivity contribution in [2.45, 2.75) is 26.3 Å². The van der Waals surface area contributed by atoms with Gasteiger partial charge in [0.2, 0.25) is 0 Å². The highest BCUT2D eigenvalue weighted by Crippen LogP contribution is 2.31. The Morgan fingerprint density at radius 1 is 1.00 bits per heavy atom.